The number of para-hydroxylation sites is 2. The third-order valence-electron chi connectivity index (χ3n) is 3.52. The van der Waals surface area contributed by atoms with Crippen LogP contribution in [-0.2, 0) is 11.8 Å². The molecule has 0 aliphatic rings. The van der Waals surface area contributed by atoms with Crippen LogP contribution in [0, 0.1) is 10.1 Å². The fourth-order valence-corrected chi connectivity index (χ4v) is 3.30. The normalized spacial score (nSPS) is 10.8. The van der Waals surface area contributed by atoms with E-state index in [1.165, 1.54) is 30.0 Å². The topological polar surface area (TPSA) is 90.1 Å². The quantitative estimate of drug-likeness (QED) is 0.414. The van der Waals surface area contributed by atoms with Gasteiger partial charge in [-0.3, -0.25) is 14.9 Å². The average molecular weight is 377 g/mol. The van der Waals surface area contributed by atoms with Gasteiger partial charge >= 0.3 is 0 Å². The van der Waals surface area contributed by atoms with Crippen molar-refractivity contribution < 1.29 is 9.72 Å². The Bertz CT molecular complexity index is 973. The highest BCUT2D eigenvalue weighted by molar-refractivity contribution is 7.99. The first-order chi connectivity index (χ1) is 12.0. The number of carbonyl (C=O) groups excluding carboxylic acids is 1. The predicted octanol–water partition coefficient (Wildman–Crippen LogP) is 3.87. The number of nitrogens with zero attached hydrogens (tertiary/aromatic N) is 3. The molecule has 2 aromatic carbocycles. The van der Waals surface area contributed by atoms with Crippen molar-refractivity contribution in [3.63, 3.8) is 0 Å². The molecule has 3 aromatic rings. The predicted molar refractivity (Wildman–Crippen MR) is 98.2 cm³/mol. The Morgan fingerprint density at radius 3 is 2.80 bits per heavy atom. The molecule has 0 unspecified atom stereocenters. The van der Waals surface area contributed by atoms with Gasteiger partial charge in [0.25, 0.3) is 5.69 Å². The van der Waals surface area contributed by atoms with Crippen LogP contribution in [0.4, 0.5) is 11.4 Å². The Balaban J connectivity index is 1.66. The standard InChI is InChI=1S/C16H13ClN4O3S/c1-20-14-5-3-2-4-13(14)19-16(20)25-9-15(22)18-12-7-6-10(21(23)24)8-11(12)17/h2-8H,9H2,1H3,(H,18,22). The van der Waals surface area contributed by atoms with E-state index in [0.29, 0.717) is 5.69 Å². The van der Waals surface area contributed by atoms with Crippen LogP contribution in [0.3, 0.4) is 0 Å². The van der Waals surface area contributed by atoms with Gasteiger partial charge in [0.2, 0.25) is 5.91 Å². The number of aryl methyl sites for hydroxylation is 1. The lowest BCUT2D eigenvalue weighted by Gasteiger charge is -2.07. The van der Waals surface area contributed by atoms with Crippen molar-refractivity contribution in [2.75, 3.05) is 11.1 Å². The Hall–Kier alpha value is -2.58. The summed E-state index contributed by atoms with van der Waals surface area (Å²) in [6, 6.07) is 11.6. The summed E-state index contributed by atoms with van der Waals surface area (Å²) in [5, 5.41) is 14.2. The zero-order chi connectivity index (χ0) is 18.0. The zero-order valence-electron chi connectivity index (χ0n) is 13.1. The van der Waals surface area contributed by atoms with E-state index in [4.69, 9.17) is 11.6 Å². The minimum absolute atomic E-state index is 0.121. The molecule has 1 heterocycles. The number of thioether (sulfide) groups is 1. The van der Waals surface area contributed by atoms with Crippen LogP contribution in [0.25, 0.3) is 11.0 Å². The van der Waals surface area contributed by atoms with Gasteiger partial charge in [0.05, 0.1) is 32.4 Å². The smallest absolute Gasteiger partial charge is 0.271 e. The summed E-state index contributed by atoms with van der Waals surface area (Å²) in [6.45, 7) is 0. The van der Waals surface area contributed by atoms with Crippen molar-refractivity contribution in [1.82, 2.24) is 9.55 Å². The minimum atomic E-state index is -0.543. The molecule has 7 nitrogen and oxygen atoms in total. The summed E-state index contributed by atoms with van der Waals surface area (Å²) >= 11 is 7.27. The van der Waals surface area contributed by atoms with Crippen molar-refractivity contribution in [1.29, 1.82) is 0 Å². The number of nitro groups is 1. The van der Waals surface area contributed by atoms with Crippen molar-refractivity contribution in [3.05, 3.63) is 57.6 Å². The number of rotatable bonds is 5. The van der Waals surface area contributed by atoms with Crippen molar-refractivity contribution in [3.8, 4) is 0 Å². The number of imidazole rings is 1. The summed E-state index contributed by atoms with van der Waals surface area (Å²) in [7, 11) is 1.89. The van der Waals surface area contributed by atoms with Crippen LogP contribution in [0.1, 0.15) is 0 Å². The van der Waals surface area contributed by atoms with Crippen LogP contribution in [0.15, 0.2) is 47.6 Å². The first-order valence-corrected chi connectivity index (χ1v) is 8.60. The van der Waals surface area contributed by atoms with Gasteiger partial charge in [-0.1, -0.05) is 35.5 Å². The van der Waals surface area contributed by atoms with Crippen LogP contribution in [-0.4, -0.2) is 26.1 Å². The lowest BCUT2D eigenvalue weighted by molar-refractivity contribution is -0.384. The van der Waals surface area contributed by atoms with Gasteiger partial charge in [-0.2, -0.15) is 0 Å². The lowest BCUT2D eigenvalue weighted by atomic mass is 10.3. The molecular formula is C16H13ClN4O3S. The van der Waals surface area contributed by atoms with E-state index in [0.717, 1.165) is 16.2 Å². The number of fused-ring (bicyclic) bond motifs is 1. The summed E-state index contributed by atoms with van der Waals surface area (Å²) in [5.41, 5.74) is 2.06. The lowest BCUT2D eigenvalue weighted by Crippen LogP contribution is -2.14. The number of hydrogen-bond acceptors (Lipinski definition) is 5. The SMILES string of the molecule is Cn1c(SCC(=O)Nc2ccc([N+](=O)[O-])cc2Cl)nc2ccccc21. The van der Waals surface area contributed by atoms with E-state index < -0.39 is 4.92 Å². The number of amides is 1. The number of nitrogens with one attached hydrogen (secondary N) is 1. The first-order valence-electron chi connectivity index (χ1n) is 7.24. The molecule has 128 valence electrons. The van der Waals surface area contributed by atoms with Crippen molar-refractivity contribution in [2.45, 2.75) is 5.16 Å². The molecule has 0 aliphatic carbocycles. The minimum Gasteiger partial charge on any atom is -0.324 e. The molecule has 9 heteroatoms. The van der Waals surface area contributed by atoms with E-state index in [9.17, 15) is 14.9 Å². The molecule has 0 fully saturated rings. The van der Waals surface area contributed by atoms with E-state index >= 15 is 0 Å². The van der Waals surface area contributed by atoms with Crippen LogP contribution < -0.4 is 5.32 Å². The number of hydrogen-bond donors (Lipinski definition) is 1. The van der Waals surface area contributed by atoms with Gasteiger partial charge < -0.3 is 9.88 Å². The fourth-order valence-electron chi connectivity index (χ4n) is 2.29. The second-order valence-electron chi connectivity index (χ2n) is 5.20. The molecule has 3 rings (SSSR count). The fraction of sp³-hybridized carbons (Fsp3) is 0.125. The Morgan fingerprint density at radius 2 is 2.12 bits per heavy atom. The third kappa shape index (κ3) is 3.75. The number of carbonyl (C=O) groups is 1. The number of halogens is 1. The number of aromatic nitrogens is 2. The molecule has 0 radical (unpaired) electrons. The van der Waals surface area contributed by atoms with Crippen molar-refractivity contribution in [2.24, 2.45) is 7.05 Å². The van der Waals surface area contributed by atoms with E-state index in [1.807, 2.05) is 35.9 Å². The van der Waals surface area contributed by atoms with E-state index in [1.54, 1.807) is 0 Å². The molecule has 0 saturated carbocycles. The highest BCUT2D eigenvalue weighted by atomic mass is 35.5. The van der Waals surface area contributed by atoms with Crippen LogP contribution in [0.2, 0.25) is 5.02 Å². The van der Waals surface area contributed by atoms with E-state index in [-0.39, 0.29) is 22.4 Å². The number of benzene rings is 2. The largest absolute Gasteiger partial charge is 0.324 e. The monoisotopic (exact) mass is 376 g/mol. The number of non-ortho nitro benzene ring substituents is 1. The maximum atomic E-state index is 12.1. The Kier molecular flexibility index (Phi) is 4.91. The average Bonchev–Trinajstić information content (AvgIpc) is 2.91. The summed E-state index contributed by atoms with van der Waals surface area (Å²) in [4.78, 5) is 26.8. The highest BCUT2D eigenvalue weighted by Gasteiger charge is 2.13. The molecule has 0 aliphatic heterocycles. The van der Waals surface area contributed by atoms with E-state index in [2.05, 4.69) is 10.3 Å². The molecule has 0 saturated heterocycles. The number of nitro benzene ring substituents is 1. The molecule has 1 aromatic heterocycles. The first kappa shape index (κ1) is 17.2. The zero-order valence-corrected chi connectivity index (χ0v) is 14.7. The van der Waals surface area contributed by atoms with Crippen LogP contribution >= 0.6 is 23.4 Å². The molecular weight excluding hydrogens is 364 g/mol. The van der Waals surface area contributed by atoms with Crippen LogP contribution in [0.5, 0.6) is 0 Å². The maximum Gasteiger partial charge on any atom is 0.271 e. The van der Waals surface area contributed by atoms with Gasteiger partial charge in [0.15, 0.2) is 5.16 Å². The van der Waals surface area contributed by atoms with Gasteiger partial charge in [-0.15, -0.1) is 0 Å². The Labute approximate surface area is 152 Å². The molecule has 1 N–H and O–H groups in total. The Morgan fingerprint density at radius 1 is 1.36 bits per heavy atom. The maximum absolute atomic E-state index is 12.1. The van der Waals surface area contributed by atoms with Gasteiger partial charge in [0, 0.05) is 19.2 Å². The van der Waals surface area contributed by atoms with Crippen molar-refractivity contribution >= 4 is 51.7 Å². The second-order valence-corrected chi connectivity index (χ2v) is 6.55. The number of anilines is 1. The molecule has 0 atom stereocenters. The molecule has 25 heavy (non-hydrogen) atoms. The molecule has 0 bridgehead atoms. The molecule has 1 amide bonds. The molecule has 0 spiro atoms. The summed E-state index contributed by atoms with van der Waals surface area (Å²) < 4.78 is 1.92. The summed E-state index contributed by atoms with van der Waals surface area (Å²) in [5.74, 6) is -0.127. The third-order valence-corrected chi connectivity index (χ3v) is 4.86. The van der Waals surface area contributed by atoms with Gasteiger partial charge in [0.1, 0.15) is 0 Å². The highest BCUT2D eigenvalue weighted by Crippen LogP contribution is 2.27. The second kappa shape index (κ2) is 7.12. The van der Waals surface area contributed by atoms with Gasteiger partial charge in [-0.25, -0.2) is 4.98 Å². The summed E-state index contributed by atoms with van der Waals surface area (Å²) in [6.07, 6.45) is 0. The van der Waals surface area contributed by atoms with Gasteiger partial charge in [-0.05, 0) is 18.2 Å².